The molecule has 4 rings (SSSR count). The topological polar surface area (TPSA) is 66.8 Å². The smallest absolute Gasteiger partial charge is 0.300 e. The molecule has 3 aromatic rings. The van der Waals surface area contributed by atoms with Gasteiger partial charge in [-0.2, -0.15) is 0 Å². The number of ether oxygens (including phenoxy) is 1. The SMILES string of the molecule is COc1c(Cl)cc(C)cc1/C(O)=C1\C(=O)C(=O)N(c2ccc(C)c(Cl)c2)C1c1ccc(Cl)cc1. The predicted octanol–water partition coefficient (Wildman–Crippen LogP) is 6.90. The van der Waals surface area contributed by atoms with Gasteiger partial charge in [-0.25, -0.2) is 0 Å². The molecule has 1 saturated heterocycles. The number of benzene rings is 3. The fourth-order valence-corrected chi connectivity index (χ4v) is 4.70. The van der Waals surface area contributed by atoms with Gasteiger partial charge < -0.3 is 9.84 Å². The van der Waals surface area contributed by atoms with Gasteiger partial charge in [-0.05, 0) is 66.9 Å². The summed E-state index contributed by atoms with van der Waals surface area (Å²) >= 11 is 18.7. The summed E-state index contributed by atoms with van der Waals surface area (Å²) in [6.45, 7) is 3.64. The zero-order valence-corrected chi connectivity index (χ0v) is 20.8. The highest BCUT2D eigenvalue weighted by Crippen LogP contribution is 2.45. The highest BCUT2D eigenvalue weighted by atomic mass is 35.5. The number of carbonyl (C=O) groups excluding carboxylic acids is 2. The molecule has 0 saturated carbocycles. The molecular weight excluding hydrogens is 497 g/mol. The molecule has 1 aliphatic heterocycles. The van der Waals surface area contributed by atoms with Crippen molar-refractivity contribution in [1.29, 1.82) is 0 Å². The van der Waals surface area contributed by atoms with Crippen molar-refractivity contribution in [1.82, 2.24) is 0 Å². The van der Waals surface area contributed by atoms with Crippen LogP contribution in [0.1, 0.15) is 28.3 Å². The van der Waals surface area contributed by atoms with Crippen LogP contribution in [0.3, 0.4) is 0 Å². The zero-order valence-electron chi connectivity index (χ0n) is 18.5. The number of ketones is 1. The number of aliphatic hydroxyl groups is 1. The van der Waals surface area contributed by atoms with E-state index in [1.807, 2.05) is 6.92 Å². The number of hydrogen-bond acceptors (Lipinski definition) is 4. The summed E-state index contributed by atoms with van der Waals surface area (Å²) < 4.78 is 5.40. The van der Waals surface area contributed by atoms with Crippen molar-refractivity contribution in [2.24, 2.45) is 0 Å². The second kappa shape index (κ2) is 9.34. The van der Waals surface area contributed by atoms with Crippen LogP contribution in [0.5, 0.6) is 5.75 Å². The minimum atomic E-state index is -0.931. The lowest BCUT2D eigenvalue weighted by Crippen LogP contribution is -2.29. The number of aliphatic hydroxyl groups excluding tert-OH is 1. The fraction of sp³-hybridized carbons (Fsp3) is 0.154. The van der Waals surface area contributed by atoms with Gasteiger partial charge in [-0.3, -0.25) is 14.5 Å². The standard InChI is InChI=1S/C26H20Cl3NO4/c1-13-10-18(25(34-3)20(29)11-13)23(31)21-22(15-5-7-16(27)8-6-15)30(26(33)24(21)32)17-9-4-14(2)19(28)12-17/h4-12,22,31H,1-3H3/b23-21+. The van der Waals surface area contributed by atoms with Gasteiger partial charge in [0.05, 0.1) is 29.3 Å². The maximum absolute atomic E-state index is 13.3. The number of carbonyl (C=O) groups is 2. The number of methoxy groups -OCH3 is 1. The van der Waals surface area contributed by atoms with E-state index in [1.54, 1.807) is 61.5 Å². The maximum atomic E-state index is 13.3. The molecule has 3 aromatic carbocycles. The minimum Gasteiger partial charge on any atom is -0.507 e. The normalized spacial score (nSPS) is 17.4. The number of nitrogens with zero attached hydrogens (tertiary/aromatic N) is 1. The van der Waals surface area contributed by atoms with Gasteiger partial charge in [0.25, 0.3) is 11.7 Å². The Morgan fingerprint density at radius 3 is 2.24 bits per heavy atom. The van der Waals surface area contributed by atoms with E-state index in [4.69, 9.17) is 39.5 Å². The molecule has 1 unspecified atom stereocenters. The van der Waals surface area contributed by atoms with E-state index in [1.165, 1.54) is 12.0 Å². The lowest BCUT2D eigenvalue weighted by atomic mass is 9.94. The Hall–Kier alpha value is -2.99. The number of hydrogen-bond donors (Lipinski definition) is 1. The maximum Gasteiger partial charge on any atom is 0.300 e. The van der Waals surface area contributed by atoms with Crippen molar-refractivity contribution in [3.63, 3.8) is 0 Å². The zero-order chi connectivity index (χ0) is 24.7. The average molecular weight is 517 g/mol. The second-order valence-corrected chi connectivity index (χ2v) is 9.23. The summed E-state index contributed by atoms with van der Waals surface area (Å²) in [5.74, 6) is -1.82. The van der Waals surface area contributed by atoms with Crippen molar-refractivity contribution in [2.75, 3.05) is 12.0 Å². The third-order valence-electron chi connectivity index (χ3n) is 5.71. The number of anilines is 1. The molecule has 1 N–H and O–H groups in total. The van der Waals surface area contributed by atoms with Crippen LogP contribution < -0.4 is 9.64 Å². The van der Waals surface area contributed by atoms with E-state index in [9.17, 15) is 14.7 Å². The van der Waals surface area contributed by atoms with Crippen molar-refractivity contribution in [3.8, 4) is 5.75 Å². The lowest BCUT2D eigenvalue weighted by Gasteiger charge is -2.26. The summed E-state index contributed by atoms with van der Waals surface area (Å²) in [5, 5.41) is 12.6. The largest absolute Gasteiger partial charge is 0.507 e. The predicted molar refractivity (Wildman–Crippen MR) is 135 cm³/mol. The van der Waals surface area contributed by atoms with Gasteiger partial charge in [0.2, 0.25) is 0 Å². The Bertz CT molecular complexity index is 1350. The fourth-order valence-electron chi connectivity index (χ4n) is 4.05. The first-order valence-electron chi connectivity index (χ1n) is 10.3. The Morgan fingerprint density at radius 2 is 1.62 bits per heavy atom. The molecule has 8 heteroatoms. The molecule has 0 aromatic heterocycles. The van der Waals surface area contributed by atoms with E-state index in [0.717, 1.165) is 11.1 Å². The van der Waals surface area contributed by atoms with E-state index in [-0.39, 0.29) is 27.7 Å². The van der Waals surface area contributed by atoms with Crippen LogP contribution in [0.4, 0.5) is 5.69 Å². The molecule has 5 nitrogen and oxygen atoms in total. The van der Waals surface area contributed by atoms with Crippen molar-refractivity contribution in [2.45, 2.75) is 19.9 Å². The van der Waals surface area contributed by atoms with Gasteiger partial charge in [0.15, 0.2) is 0 Å². The molecule has 1 atom stereocenters. The molecule has 34 heavy (non-hydrogen) atoms. The van der Waals surface area contributed by atoms with Crippen LogP contribution in [0.15, 0.2) is 60.2 Å². The van der Waals surface area contributed by atoms with Crippen LogP contribution in [0, 0.1) is 13.8 Å². The highest BCUT2D eigenvalue weighted by Gasteiger charge is 2.47. The van der Waals surface area contributed by atoms with Gasteiger partial charge >= 0.3 is 0 Å². The first-order valence-corrected chi connectivity index (χ1v) is 11.4. The third kappa shape index (κ3) is 4.16. The molecule has 1 heterocycles. The molecular formula is C26H20Cl3NO4. The van der Waals surface area contributed by atoms with Crippen LogP contribution in [0.25, 0.3) is 5.76 Å². The molecule has 0 bridgehead atoms. The number of rotatable bonds is 4. The summed E-state index contributed by atoms with van der Waals surface area (Å²) in [5.41, 5.74) is 2.69. The van der Waals surface area contributed by atoms with Crippen LogP contribution >= 0.6 is 34.8 Å². The van der Waals surface area contributed by atoms with E-state index in [0.29, 0.717) is 21.3 Å². The van der Waals surface area contributed by atoms with Gasteiger partial charge in [-0.1, -0.05) is 53.0 Å². The monoisotopic (exact) mass is 515 g/mol. The first-order chi connectivity index (χ1) is 16.1. The number of Topliss-reactive ketones (excluding diaryl/α,β-unsaturated/α-hetero) is 1. The molecule has 1 amide bonds. The summed E-state index contributed by atoms with van der Waals surface area (Å²) in [7, 11) is 1.41. The molecule has 1 aliphatic rings. The lowest BCUT2D eigenvalue weighted by molar-refractivity contribution is -0.132. The van der Waals surface area contributed by atoms with Crippen LogP contribution in [-0.2, 0) is 9.59 Å². The third-order valence-corrected chi connectivity index (χ3v) is 6.65. The van der Waals surface area contributed by atoms with Crippen molar-refractivity contribution in [3.05, 3.63) is 97.5 Å². The van der Waals surface area contributed by atoms with Crippen LogP contribution in [-0.4, -0.2) is 23.9 Å². The second-order valence-electron chi connectivity index (χ2n) is 7.98. The summed E-state index contributed by atoms with van der Waals surface area (Å²) in [4.78, 5) is 28.0. The Labute approximate surface area is 212 Å². The first kappa shape index (κ1) is 24.1. The molecule has 0 radical (unpaired) electrons. The molecule has 0 aliphatic carbocycles. The van der Waals surface area contributed by atoms with Crippen molar-refractivity contribution < 1.29 is 19.4 Å². The Morgan fingerprint density at radius 1 is 0.941 bits per heavy atom. The van der Waals surface area contributed by atoms with Gasteiger partial charge in [0.1, 0.15) is 11.5 Å². The summed E-state index contributed by atoms with van der Waals surface area (Å²) in [6.07, 6.45) is 0. The van der Waals surface area contributed by atoms with E-state index >= 15 is 0 Å². The van der Waals surface area contributed by atoms with E-state index < -0.39 is 17.7 Å². The minimum absolute atomic E-state index is 0.0935. The average Bonchev–Trinajstić information content (AvgIpc) is 3.06. The summed E-state index contributed by atoms with van der Waals surface area (Å²) in [6, 6.07) is 14.2. The van der Waals surface area contributed by atoms with Crippen molar-refractivity contribution >= 4 is 57.9 Å². The molecule has 1 fully saturated rings. The van der Waals surface area contributed by atoms with Gasteiger partial charge in [0, 0.05) is 15.7 Å². The molecule has 0 spiro atoms. The number of aryl methyl sites for hydroxylation is 2. The number of amides is 1. The van der Waals surface area contributed by atoms with E-state index in [2.05, 4.69) is 0 Å². The molecule has 174 valence electrons. The quantitative estimate of drug-likeness (QED) is 0.233. The Balaban J connectivity index is 2.01. The van der Waals surface area contributed by atoms with Gasteiger partial charge in [-0.15, -0.1) is 0 Å². The highest BCUT2D eigenvalue weighted by molar-refractivity contribution is 6.52. The number of halogens is 3. The van der Waals surface area contributed by atoms with Crippen LogP contribution in [0.2, 0.25) is 15.1 Å². The Kier molecular flexibility index (Phi) is 6.63.